The molecule has 0 saturated heterocycles. The van der Waals surface area contributed by atoms with Gasteiger partial charge < -0.3 is 10.6 Å². The average Bonchev–Trinajstić information content (AvgIpc) is 2.57. The van der Waals surface area contributed by atoms with E-state index in [9.17, 15) is 9.59 Å². The summed E-state index contributed by atoms with van der Waals surface area (Å²) in [4.78, 5) is 27.2. The van der Waals surface area contributed by atoms with Crippen LogP contribution in [0, 0.1) is 0 Å². The lowest BCUT2D eigenvalue weighted by Crippen LogP contribution is -2.29. The highest BCUT2D eigenvalue weighted by Crippen LogP contribution is 2.22. The van der Waals surface area contributed by atoms with Crippen LogP contribution in [0.2, 0.25) is 0 Å². The summed E-state index contributed by atoms with van der Waals surface area (Å²) in [6.07, 6.45) is 0. The van der Waals surface area contributed by atoms with Gasteiger partial charge in [0.2, 0.25) is 5.91 Å². The Morgan fingerprint density at radius 1 is 1.30 bits per heavy atom. The molecule has 104 valence electrons. The second-order valence-electron chi connectivity index (χ2n) is 4.13. The number of nitrogens with two attached hydrogens (primary N) is 1. The molecule has 1 aliphatic carbocycles. The second kappa shape index (κ2) is 5.56. The Labute approximate surface area is 115 Å². The van der Waals surface area contributed by atoms with Gasteiger partial charge in [0.25, 0.3) is 0 Å². The van der Waals surface area contributed by atoms with E-state index in [1.807, 2.05) is 6.07 Å². The number of esters is 1. The number of rotatable bonds is 2. The van der Waals surface area contributed by atoms with Crippen molar-refractivity contribution in [1.29, 1.82) is 0 Å². The van der Waals surface area contributed by atoms with Crippen molar-refractivity contribution in [1.82, 2.24) is 4.68 Å². The summed E-state index contributed by atoms with van der Waals surface area (Å²) in [5.74, 6) is 4.96. The van der Waals surface area contributed by atoms with Crippen LogP contribution in [0.3, 0.4) is 0 Å². The Kier molecular flexibility index (Phi) is 3.84. The van der Waals surface area contributed by atoms with Crippen molar-refractivity contribution in [2.75, 3.05) is 12.4 Å². The summed E-state index contributed by atoms with van der Waals surface area (Å²) in [7, 11) is 0. The molecule has 0 bridgehead atoms. The zero-order valence-corrected chi connectivity index (χ0v) is 11.3. The third-order valence-corrected chi connectivity index (χ3v) is 2.74. The number of fused-ring (bicyclic) bond motifs is 1. The maximum atomic E-state index is 12.1. The number of nitrogens with zero attached hydrogens (tertiary/aromatic N) is 2. The number of carbonyl (C=O) groups is 2. The van der Waals surface area contributed by atoms with E-state index in [-0.39, 0.29) is 17.7 Å². The highest BCUT2D eigenvalue weighted by molar-refractivity contribution is 5.97. The maximum absolute atomic E-state index is 12.1. The standard InChI is InChI=1S/C14H15N3O3/c1-3-20-14(19)12-10-7-5-4-6-8-11(10)17(15)13(12)16-9(2)18/h4-8H,3,15H2,1-2H3. The van der Waals surface area contributed by atoms with Crippen LogP contribution < -0.4 is 11.3 Å². The van der Waals surface area contributed by atoms with Crippen LogP contribution in [-0.4, -0.2) is 23.2 Å². The number of ether oxygens (including phenoxy) is 1. The molecule has 2 aliphatic rings. The molecule has 6 nitrogen and oxygen atoms in total. The largest absolute Gasteiger partial charge is 0.462 e. The fourth-order valence-corrected chi connectivity index (χ4v) is 1.98. The summed E-state index contributed by atoms with van der Waals surface area (Å²) in [6.45, 7) is 3.24. The van der Waals surface area contributed by atoms with Gasteiger partial charge in [0, 0.05) is 12.5 Å². The van der Waals surface area contributed by atoms with E-state index in [0.717, 1.165) is 0 Å². The SMILES string of the molecule is CCOC(=O)c1c2cccccc-2n(N)c1=NC(C)=O. The van der Waals surface area contributed by atoms with E-state index in [4.69, 9.17) is 10.6 Å². The van der Waals surface area contributed by atoms with E-state index >= 15 is 0 Å². The van der Waals surface area contributed by atoms with Crippen LogP contribution in [-0.2, 0) is 9.53 Å². The number of carbonyl (C=O) groups excluding carboxylic acids is 2. The van der Waals surface area contributed by atoms with Crippen molar-refractivity contribution in [2.24, 2.45) is 4.99 Å². The molecular formula is C14H15N3O3. The van der Waals surface area contributed by atoms with Crippen LogP contribution in [0.4, 0.5) is 0 Å². The molecule has 0 aromatic rings. The molecule has 0 aromatic carbocycles. The van der Waals surface area contributed by atoms with E-state index in [2.05, 4.69) is 4.99 Å². The van der Waals surface area contributed by atoms with Gasteiger partial charge in [-0.05, 0) is 13.0 Å². The average molecular weight is 273 g/mol. The lowest BCUT2D eigenvalue weighted by molar-refractivity contribution is -0.116. The van der Waals surface area contributed by atoms with Gasteiger partial charge in [0.1, 0.15) is 5.56 Å². The van der Waals surface area contributed by atoms with Gasteiger partial charge in [-0.1, -0.05) is 24.3 Å². The Hall–Kier alpha value is -2.63. The van der Waals surface area contributed by atoms with Crippen LogP contribution in [0.15, 0.2) is 35.3 Å². The van der Waals surface area contributed by atoms with Crippen LogP contribution >= 0.6 is 0 Å². The van der Waals surface area contributed by atoms with Gasteiger partial charge in [-0.3, -0.25) is 4.79 Å². The second-order valence-corrected chi connectivity index (χ2v) is 4.13. The van der Waals surface area contributed by atoms with Gasteiger partial charge in [-0.25, -0.2) is 9.47 Å². The number of aromatic nitrogens is 1. The van der Waals surface area contributed by atoms with Crippen molar-refractivity contribution < 1.29 is 14.3 Å². The van der Waals surface area contributed by atoms with Crippen LogP contribution in [0.5, 0.6) is 0 Å². The van der Waals surface area contributed by atoms with Gasteiger partial charge >= 0.3 is 5.97 Å². The summed E-state index contributed by atoms with van der Waals surface area (Å²) in [5, 5.41) is 0. The molecule has 1 amide bonds. The molecule has 0 radical (unpaired) electrons. The number of hydrogen-bond acceptors (Lipinski definition) is 4. The van der Waals surface area contributed by atoms with E-state index in [1.54, 1.807) is 31.2 Å². The monoisotopic (exact) mass is 273 g/mol. The Bertz CT molecular complexity index is 703. The van der Waals surface area contributed by atoms with Crippen LogP contribution in [0.1, 0.15) is 24.2 Å². The van der Waals surface area contributed by atoms with E-state index < -0.39 is 11.9 Å². The molecule has 2 N–H and O–H groups in total. The van der Waals surface area contributed by atoms with Crippen molar-refractivity contribution >= 4 is 11.9 Å². The Morgan fingerprint density at radius 2 is 2.00 bits per heavy atom. The lowest BCUT2D eigenvalue weighted by Gasteiger charge is -2.00. The molecule has 1 aliphatic heterocycles. The van der Waals surface area contributed by atoms with Crippen molar-refractivity contribution in [3.63, 3.8) is 0 Å². The van der Waals surface area contributed by atoms with Gasteiger partial charge in [0.15, 0.2) is 5.49 Å². The Balaban J connectivity index is 2.84. The first-order valence-electron chi connectivity index (χ1n) is 6.17. The van der Waals surface area contributed by atoms with Crippen LogP contribution in [0.25, 0.3) is 11.3 Å². The molecule has 1 heterocycles. The summed E-state index contributed by atoms with van der Waals surface area (Å²) in [5.41, 5.74) is 1.50. The Morgan fingerprint density at radius 3 is 2.65 bits per heavy atom. The molecule has 0 fully saturated rings. The zero-order valence-electron chi connectivity index (χ0n) is 11.3. The predicted molar refractivity (Wildman–Crippen MR) is 73.4 cm³/mol. The molecule has 20 heavy (non-hydrogen) atoms. The fourth-order valence-electron chi connectivity index (χ4n) is 1.98. The molecule has 6 heteroatoms. The number of nitrogen functional groups attached to an aromatic ring is 1. The molecule has 0 aromatic heterocycles. The molecule has 2 rings (SSSR count). The topological polar surface area (TPSA) is 86.7 Å². The quantitative estimate of drug-likeness (QED) is 0.651. The molecular weight excluding hydrogens is 258 g/mol. The summed E-state index contributed by atoms with van der Waals surface area (Å²) in [6, 6.07) is 8.87. The lowest BCUT2D eigenvalue weighted by atomic mass is 10.1. The summed E-state index contributed by atoms with van der Waals surface area (Å²) < 4.78 is 6.25. The van der Waals surface area contributed by atoms with E-state index in [1.165, 1.54) is 11.6 Å². The first-order chi connectivity index (χ1) is 9.56. The number of amides is 1. The smallest absolute Gasteiger partial charge is 0.342 e. The van der Waals surface area contributed by atoms with Crippen molar-refractivity contribution in [2.45, 2.75) is 13.8 Å². The van der Waals surface area contributed by atoms with E-state index in [0.29, 0.717) is 11.3 Å². The summed E-state index contributed by atoms with van der Waals surface area (Å²) >= 11 is 0. The fraction of sp³-hybridized carbons (Fsp3) is 0.214. The van der Waals surface area contributed by atoms with Gasteiger partial charge in [0.05, 0.1) is 12.3 Å². The first-order valence-corrected chi connectivity index (χ1v) is 6.17. The highest BCUT2D eigenvalue weighted by Gasteiger charge is 2.23. The molecule has 0 unspecified atom stereocenters. The third-order valence-electron chi connectivity index (χ3n) is 2.74. The minimum Gasteiger partial charge on any atom is -0.462 e. The minimum atomic E-state index is -0.548. The van der Waals surface area contributed by atoms with Gasteiger partial charge in [-0.2, -0.15) is 4.99 Å². The first kappa shape index (κ1) is 13.8. The number of hydrogen-bond donors (Lipinski definition) is 1. The predicted octanol–water partition coefficient (Wildman–Crippen LogP) is 0.931. The molecule has 0 saturated carbocycles. The van der Waals surface area contributed by atoms with Crippen molar-refractivity contribution in [3.8, 4) is 11.3 Å². The normalized spacial score (nSPS) is 11.6. The van der Waals surface area contributed by atoms with Gasteiger partial charge in [-0.15, -0.1) is 0 Å². The molecule has 0 atom stereocenters. The third kappa shape index (κ3) is 2.40. The zero-order chi connectivity index (χ0) is 14.7. The molecule has 0 spiro atoms. The van der Waals surface area contributed by atoms with Crippen molar-refractivity contribution in [3.05, 3.63) is 41.4 Å². The highest BCUT2D eigenvalue weighted by atomic mass is 16.5. The maximum Gasteiger partial charge on any atom is 0.342 e. The minimum absolute atomic E-state index is 0.108.